The van der Waals surface area contributed by atoms with Crippen molar-refractivity contribution in [1.29, 1.82) is 0 Å². The molecule has 1 heterocycles. The van der Waals surface area contributed by atoms with E-state index in [9.17, 15) is 28.1 Å². The smallest absolute Gasteiger partial charge is 0.334 e. The number of alkyl halides is 3. The fourth-order valence-corrected chi connectivity index (χ4v) is 2.60. The number of rotatable bonds is 7. The number of benzene rings is 2. The molecule has 0 saturated heterocycles. The topological polar surface area (TPSA) is 122 Å². The molecule has 0 spiro atoms. The number of amides is 1. The van der Waals surface area contributed by atoms with Crippen molar-refractivity contribution in [2.45, 2.75) is 12.6 Å². The molecule has 0 fully saturated rings. The number of nitro groups is 1. The van der Waals surface area contributed by atoms with Crippen LogP contribution in [0.15, 0.2) is 60.9 Å². The average Bonchev–Trinajstić information content (AvgIpc) is 2.72. The minimum absolute atomic E-state index is 0.0159. The lowest BCUT2D eigenvalue weighted by molar-refractivity contribution is -0.383. The Balaban J connectivity index is 1.78. The molecule has 3 rings (SSSR count). The second kappa shape index (κ2) is 9.07. The molecule has 2 aromatic carbocycles. The quantitative estimate of drug-likeness (QED) is 0.383. The zero-order valence-electron chi connectivity index (χ0n) is 15.7. The van der Waals surface area contributed by atoms with E-state index in [-0.39, 0.29) is 23.7 Å². The third-order valence-corrected chi connectivity index (χ3v) is 3.99. The highest BCUT2D eigenvalue weighted by atomic mass is 19.4. The summed E-state index contributed by atoms with van der Waals surface area (Å²) < 4.78 is 38.7. The number of hydrogen-bond donors (Lipinski definition) is 3. The van der Waals surface area contributed by atoms with Gasteiger partial charge in [-0.2, -0.15) is 13.2 Å². The van der Waals surface area contributed by atoms with Gasteiger partial charge in [0.05, 0.1) is 16.9 Å². The molecule has 0 aliphatic carbocycles. The van der Waals surface area contributed by atoms with E-state index in [0.717, 1.165) is 30.1 Å². The van der Waals surface area contributed by atoms with Crippen molar-refractivity contribution < 1.29 is 22.9 Å². The molecule has 3 aromatic rings. The van der Waals surface area contributed by atoms with Crippen molar-refractivity contribution in [3.8, 4) is 0 Å². The monoisotopic (exact) mass is 432 g/mol. The van der Waals surface area contributed by atoms with Gasteiger partial charge in [0.15, 0.2) is 0 Å². The first-order valence-electron chi connectivity index (χ1n) is 8.76. The minimum Gasteiger partial charge on any atom is -0.334 e. The van der Waals surface area contributed by atoms with Crippen LogP contribution in [0, 0.1) is 10.1 Å². The van der Waals surface area contributed by atoms with Gasteiger partial charge >= 0.3 is 11.9 Å². The molecule has 0 bridgehead atoms. The van der Waals surface area contributed by atoms with Gasteiger partial charge in [0, 0.05) is 5.69 Å². The second-order valence-corrected chi connectivity index (χ2v) is 6.22. The van der Waals surface area contributed by atoms with E-state index in [4.69, 9.17) is 0 Å². The van der Waals surface area contributed by atoms with Crippen LogP contribution >= 0.6 is 0 Å². The predicted octanol–water partition coefficient (Wildman–Crippen LogP) is 3.83. The molecule has 0 aliphatic rings. The lowest BCUT2D eigenvalue weighted by atomic mass is 10.1. The summed E-state index contributed by atoms with van der Waals surface area (Å²) in [6.45, 7) is 0. The number of nitrogens with one attached hydrogen (secondary N) is 3. The fraction of sp³-hybridized carbons (Fsp3) is 0.105. The Morgan fingerprint density at radius 2 is 1.74 bits per heavy atom. The first-order chi connectivity index (χ1) is 14.7. The van der Waals surface area contributed by atoms with E-state index in [0.29, 0.717) is 0 Å². The van der Waals surface area contributed by atoms with E-state index in [2.05, 4.69) is 26.1 Å². The van der Waals surface area contributed by atoms with Crippen molar-refractivity contribution in [2.75, 3.05) is 10.7 Å². The molecule has 1 aromatic heterocycles. The van der Waals surface area contributed by atoms with Gasteiger partial charge in [-0.25, -0.2) is 9.97 Å². The van der Waals surface area contributed by atoms with Gasteiger partial charge in [-0.05, 0) is 23.8 Å². The number of aromatic nitrogens is 2. The summed E-state index contributed by atoms with van der Waals surface area (Å²) in [4.78, 5) is 30.3. The number of nitrogens with zero attached hydrogens (tertiary/aromatic N) is 3. The highest BCUT2D eigenvalue weighted by molar-refractivity contribution is 5.81. The maximum Gasteiger partial charge on any atom is 0.416 e. The molecule has 160 valence electrons. The maximum absolute atomic E-state index is 12.9. The SMILES string of the molecule is O=C(Cc1ccccc1)NNc1ncnc(Nc2cccc(C(F)(F)F)c2)c1[N+](=O)[O-]. The Bertz CT molecular complexity index is 1090. The largest absolute Gasteiger partial charge is 0.416 e. The van der Waals surface area contributed by atoms with Crippen LogP contribution in [0.2, 0.25) is 0 Å². The Morgan fingerprint density at radius 3 is 2.42 bits per heavy atom. The third kappa shape index (κ3) is 5.65. The molecule has 0 atom stereocenters. The summed E-state index contributed by atoms with van der Waals surface area (Å²) in [5.41, 5.74) is 3.75. The number of carbonyl (C=O) groups excluding carboxylic acids is 1. The van der Waals surface area contributed by atoms with E-state index >= 15 is 0 Å². The van der Waals surface area contributed by atoms with Gasteiger partial charge in [-0.1, -0.05) is 36.4 Å². The molecule has 0 unspecified atom stereocenters. The fourth-order valence-electron chi connectivity index (χ4n) is 2.60. The van der Waals surface area contributed by atoms with Crippen LogP contribution in [0.5, 0.6) is 0 Å². The van der Waals surface area contributed by atoms with Crippen LogP contribution in [0.25, 0.3) is 0 Å². The summed E-state index contributed by atoms with van der Waals surface area (Å²) in [5, 5.41) is 14.0. The third-order valence-electron chi connectivity index (χ3n) is 3.99. The standard InChI is InChI=1S/C19H15F3N6O3/c20-19(21,22)13-7-4-8-14(10-13)25-17-16(28(30)31)18(24-11-23-17)27-26-15(29)9-12-5-2-1-3-6-12/h1-8,10-11H,9H2,(H,26,29)(H2,23,24,25,27). The maximum atomic E-state index is 12.9. The first-order valence-corrected chi connectivity index (χ1v) is 8.76. The van der Waals surface area contributed by atoms with Gasteiger partial charge in [0.25, 0.3) is 0 Å². The van der Waals surface area contributed by atoms with Crippen LogP contribution < -0.4 is 16.2 Å². The van der Waals surface area contributed by atoms with Crippen LogP contribution in [0.4, 0.5) is 36.2 Å². The molecule has 1 amide bonds. The van der Waals surface area contributed by atoms with Crippen molar-refractivity contribution in [1.82, 2.24) is 15.4 Å². The molecule has 9 nitrogen and oxygen atoms in total. The summed E-state index contributed by atoms with van der Waals surface area (Å²) >= 11 is 0. The predicted molar refractivity (Wildman–Crippen MR) is 105 cm³/mol. The van der Waals surface area contributed by atoms with Crippen molar-refractivity contribution in [3.05, 3.63) is 82.2 Å². The molecular weight excluding hydrogens is 417 g/mol. The van der Waals surface area contributed by atoms with Crippen molar-refractivity contribution >= 4 is 28.9 Å². The van der Waals surface area contributed by atoms with Gasteiger partial charge < -0.3 is 5.32 Å². The second-order valence-electron chi connectivity index (χ2n) is 6.22. The molecule has 0 aliphatic heterocycles. The average molecular weight is 432 g/mol. The molecule has 3 N–H and O–H groups in total. The van der Waals surface area contributed by atoms with Crippen LogP contribution in [0.3, 0.4) is 0 Å². The zero-order valence-corrected chi connectivity index (χ0v) is 15.7. The lowest BCUT2D eigenvalue weighted by Gasteiger charge is -2.12. The molecular formula is C19H15F3N6O3. The van der Waals surface area contributed by atoms with Gasteiger partial charge in [0.2, 0.25) is 17.5 Å². The number of hydrogen-bond acceptors (Lipinski definition) is 7. The van der Waals surface area contributed by atoms with Gasteiger partial charge in [0.1, 0.15) is 6.33 Å². The Labute approximate surface area is 173 Å². The first kappa shape index (κ1) is 21.5. The summed E-state index contributed by atoms with van der Waals surface area (Å²) in [7, 11) is 0. The number of carbonyl (C=O) groups is 1. The van der Waals surface area contributed by atoms with Gasteiger partial charge in [-0.15, -0.1) is 0 Å². The van der Waals surface area contributed by atoms with E-state index in [1.54, 1.807) is 30.3 Å². The summed E-state index contributed by atoms with van der Waals surface area (Å²) in [6, 6.07) is 12.9. The Kier molecular flexibility index (Phi) is 6.29. The molecule has 0 saturated carbocycles. The Hall–Kier alpha value is -4.22. The Morgan fingerprint density at radius 1 is 1.03 bits per heavy atom. The number of halogens is 3. The minimum atomic E-state index is -4.58. The van der Waals surface area contributed by atoms with Gasteiger partial charge in [-0.3, -0.25) is 25.8 Å². The van der Waals surface area contributed by atoms with Crippen LogP contribution in [-0.2, 0) is 17.4 Å². The number of hydrazine groups is 1. The highest BCUT2D eigenvalue weighted by Crippen LogP contribution is 2.34. The van der Waals surface area contributed by atoms with E-state index in [1.165, 1.54) is 6.07 Å². The van der Waals surface area contributed by atoms with E-state index < -0.39 is 28.3 Å². The molecule has 0 radical (unpaired) electrons. The van der Waals surface area contributed by atoms with Crippen LogP contribution in [-0.4, -0.2) is 20.8 Å². The van der Waals surface area contributed by atoms with Crippen molar-refractivity contribution in [2.24, 2.45) is 0 Å². The normalized spacial score (nSPS) is 10.9. The molecule has 12 heteroatoms. The number of anilines is 3. The molecule has 31 heavy (non-hydrogen) atoms. The van der Waals surface area contributed by atoms with Crippen LogP contribution in [0.1, 0.15) is 11.1 Å². The highest BCUT2D eigenvalue weighted by Gasteiger charge is 2.31. The van der Waals surface area contributed by atoms with Crippen molar-refractivity contribution in [3.63, 3.8) is 0 Å². The lowest BCUT2D eigenvalue weighted by Crippen LogP contribution is -2.31. The summed E-state index contributed by atoms with van der Waals surface area (Å²) in [6.07, 6.45) is -3.60. The zero-order chi connectivity index (χ0) is 22.4. The summed E-state index contributed by atoms with van der Waals surface area (Å²) in [5.74, 6) is -1.17. The van der Waals surface area contributed by atoms with E-state index in [1.807, 2.05) is 0 Å².